The van der Waals surface area contributed by atoms with Crippen molar-refractivity contribution in [1.29, 1.82) is 0 Å². The highest BCUT2D eigenvalue weighted by molar-refractivity contribution is 4.79. The molecule has 106 valence electrons. The van der Waals surface area contributed by atoms with Gasteiger partial charge < -0.3 is 15.1 Å². The minimum absolute atomic E-state index is 0.837. The monoisotopic (exact) mass is 253 g/mol. The van der Waals surface area contributed by atoms with Gasteiger partial charge in [-0.1, -0.05) is 6.92 Å². The minimum atomic E-state index is 0.837. The molecule has 0 aromatic heterocycles. The molecule has 0 aromatic carbocycles. The molecule has 0 saturated carbocycles. The van der Waals surface area contributed by atoms with Crippen LogP contribution in [0.5, 0.6) is 0 Å². The summed E-state index contributed by atoms with van der Waals surface area (Å²) in [6.45, 7) is 9.89. The first-order chi connectivity index (χ1) is 8.79. The van der Waals surface area contributed by atoms with Gasteiger partial charge in [-0.3, -0.25) is 0 Å². The first-order valence-electron chi connectivity index (χ1n) is 7.93. The van der Waals surface area contributed by atoms with Gasteiger partial charge in [-0.25, -0.2) is 0 Å². The van der Waals surface area contributed by atoms with Crippen LogP contribution in [0.25, 0.3) is 0 Å². The van der Waals surface area contributed by atoms with Crippen molar-refractivity contribution in [2.24, 2.45) is 5.92 Å². The van der Waals surface area contributed by atoms with Crippen LogP contribution in [0.3, 0.4) is 0 Å². The second kappa shape index (κ2) is 7.46. The lowest BCUT2D eigenvalue weighted by Gasteiger charge is -2.37. The molecule has 3 heteroatoms. The zero-order valence-corrected chi connectivity index (χ0v) is 12.3. The fourth-order valence-electron chi connectivity index (χ4n) is 3.42. The SMILES string of the molecule is CCN1CCC(N(C)CCC2CCCNC2)CC1. The van der Waals surface area contributed by atoms with Crippen molar-refractivity contribution in [3.63, 3.8) is 0 Å². The molecule has 0 bridgehead atoms. The van der Waals surface area contributed by atoms with E-state index in [1.54, 1.807) is 0 Å². The molecule has 2 heterocycles. The van der Waals surface area contributed by atoms with Gasteiger partial charge in [0.05, 0.1) is 0 Å². The van der Waals surface area contributed by atoms with E-state index in [9.17, 15) is 0 Å². The molecule has 2 saturated heterocycles. The van der Waals surface area contributed by atoms with E-state index in [-0.39, 0.29) is 0 Å². The summed E-state index contributed by atoms with van der Waals surface area (Å²) in [7, 11) is 2.34. The third-order valence-electron chi connectivity index (χ3n) is 4.92. The molecule has 2 aliphatic heterocycles. The van der Waals surface area contributed by atoms with Crippen molar-refractivity contribution in [3.8, 4) is 0 Å². The molecule has 2 fully saturated rings. The Hall–Kier alpha value is -0.120. The third kappa shape index (κ3) is 4.22. The highest BCUT2D eigenvalue weighted by Crippen LogP contribution is 2.18. The van der Waals surface area contributed by atoms with Crippen molar-refractivity contribution in [3.05, 3.63) is 0 Å². The Morgan fingerprint density at radius 3 is 2.61 bits per heavy atom. The fourth-order valence-corrected chi connectivity index (χ4v) is 3.42. The first kappa shape index (κ1) is 14.3. The van der Waals surface area contributed by atoms with Gasteiger partial charge in [-0.05, 0) is 84.3 Å². The molecule has 0 amide bonds. The molecule has 18 heavy (non-hydrogen) atoms. The van der Waals surface area contributed by atoms with Crippen LogP contribution in [0.4, 0.5) is 0 Å². The summed E-state index contributed by atoms with van der Waals surface area (Å²) in [5.41, 5.74) is 0. The van der Waals surface area contributed by atoms with E-state index in [2.05, 4.69) is 29.1 Å². The second-order valence-electron chi connectivity index (χ2n) is 6.15. The topological polar surface area (TPSA) is 18.5 Å². The lowest BCUT2D eigenvalue weighted by Crippen LogP contribution is -2.44. The second-order valence-corrected chi connectivity index (χ2v) is 6.15. The van der Waals surface area contributed by atoms with Gasteiger partial charge in [0.15, 0.2) is 0 Å². The van der Waals surface area contributed by atoms with Gasteiger partial charge in [-0.2, -0.15) is 0 Å². The van der Waals surface area contributed by atoms with Crippen molar-refractivity contribution in [1.82, 2.24) is 15.1 Å². The van der Waals surface area contributed by atoms with E-state index in [1.165, 1.54) is 71.4 Å². The number of nitrogens with one attached hydrogen (secondary N) is 1. The molecule has 1 N–H and O–H groups in total. The van der Waals surface area contributed by atoms with E-state index < -0.39 is 0 Å². The lowest BCUT2D eigenvalue weighted by atomic mass is 9.95. The van der Waals surface area contributed by atoms with Gasteiger partial charge in [0, 0.05) is 6.04 Å². The summed E-state index contributed by atoms with van der Waals surface area (Å²) in [5, 5.41) is 3.53. The van der Waals surface area contributed by atoms with Crippen LogP contribution in [0.15, 0.2) is 0 Å². The zero-order valence-electron chi connectivity index (χ0n) is 12.3. The summed E-state index contributed by atoms with van der Waals surface area (Å²) in [6, 6.07) is 0.837. The van der Waals surface area contributed by atoms with E-state index in [4.69, 9.17) is 0 Å². The van der Waals surface area contributed by atoms with Gasteiger partial charge in [0.2, 0.25) is 0 Å². The first-order valence-corrected chi connectivity index (χ1v) is 7.93. The number of hydrogen-bond donors (Lipinski definition) is 1. The summed E-state index contributed by atoms with van der Waals surface area (Å²) >= 11 is 0. The van der Waals surface area contributed by atoms with Crippen LogP contribution in [-0.4, -0.2) is 62.2 Å². The molecule has 2 rings (SSSR count). The van der Waals surface area contributed by atoms with E-state index >= 15 is 0 Å². The van der Waals surface area contributed by atoms with E-state index in [1.807, 2.05) is 0 Å². The Bertz CT molecular complexity index is 218. The molecule has 2 aliphatic rings. The summed E-state index contributed by atoms with van der Waals surface area (Å²) in [5.74, 6) is 0.928. The van der Waals surface area contributed by atoms with Gasteiger partial charge in [0.25, 0.3) is 0 Å². The normalized spacial score (nSPS) is 27.8. The Kier molecular flexibility index (Phi) is 5.93. The highest BCUT2D eigenvalue weighted by Gasteiger charge is 2.22. The van der Waals surface area contributed by atoms with Crippen molar-refractivity contribution in [2.75, 3.05) is 46.3 Å². The maximum Gasteiger partial charge on any atom is 0.0117 e. The fraction of sp³-hybridized carbons (Fsp3) is 1.00. The van der Waals surface area contributed by atoms with Crippen molar-refractivity contribution in [2.45, 2.75) is 45.1 Å². The average molecular weight is 253 g/mol. The van der Waals surface area contributed by atoms with Gasteiger partial charge in [0.1, 0.15) is 0 Å². The lowest BCUT2D eigenvalue weighted by molar-refractivity contribution is 0.125. The average Bonchev–Trinajstić information content (AvgIpc) is 2.46. The van der Waals surface area contributed by atoms with Crippen molar-refractivity contribution >= 4 is 0 Å². The smallest absolute Gasteiger partial charge is 0.0117 e. The van der Waals surface area contributed by atoms with Crippen LogP contribution in [0.1, 0.15) is 39.0 Å². The quantitative estimate of drug-likeness (QED) is 0.806. The number of rotatable bonds is 5. The molecule has 0 radical (unpaired) electrons. The maximum absolute atomic E-state index is 3.53. The number of nitrogens with zero attached hydrogens (tertiary/aromatic N) is 2. The number of likely N-dealkylation sites (tertiary alicyclic amines) is 1. The molecular weight excluding hydrogens is 222 g/mol. The Morgan fingerprint density at radius 1 is 1.22 bits per heavy atom. The predicted octanol–water partition coefficient (Wildman–Crippen LogP) is 1.79. The molecular formula is C15H31N3. The van der Waals surface area contributed by atoms with Crippen LogP contribution in [0, 0.1) is 5.92 Å². The van der Waals surface area contributed by atoms with Gasteiger partial charge in [-0.15, -0.1) is 0 Å². The summed E-state index contributed by atoms with van der Waals surface area (Å²) in [4.78, 5) is 5.21. The molecule has 0 aliphatic carbocycles. The maximum atomic E-state index is 3.53. The molecule has 0 spiro atoms. The molecule has 0 aromatic rings. The zero-order chi connectivity index (χ0) is 12.8. The Balaban J connectivity index is 1.63. The summed E-state index contributed by atoms with van der Waals surface area (Å²) in [6.07, 6.45) is 6.94. The Morgan fingerprint density at radius 2 is 2.00 bits per heavy atom. The highest BCUT2D eigenvalue weighted by atomic mass is 15.2. The van der Waals surface area contributed by atoms with Crippen LogP contribution in [-0.2, 0) is 0 Å². The van der Waals surface area contributed by atoms with Crippen LogP contribution < -0.4 is 5.32 Å². The number of piperidine rings is 2. The standard InChI is InChI=1S/C15H31N3/c1-3-18-11-7-15(8-12-18)17(2)10-6-14-5-4-9-16-13-14/h14-16H,3-13H2,1-2H3. The largest absolute Gasteiger partial charge is 0.316 e. The molecule has 3 nitrogen and oxygen atoms in total. The molecule has 1 atom stereocenters. The van der Waals surface area contributed by atoms with Crippen LogP contribution in [0.2, 0.25) is 0 Å². The minimum Gasteiger partial charge on any atom is -0.316 e. The number of hydrogen-bond acceptors (Lipinski definition) is 3. The van der Waals surface area contributed by atoms with E-state index in [0.29, 0.717) is 0 Å². The van der Waals surface area contributed by atoms with Crippen molar-refractivity contribution < 1.29 is 0 Å². The predicted molar refractivity (Wildman–Crippen MR) is 78.0 cm³/mol. The van der Waals surface area contributed by atoms with Gasteiger partial charge >= 0.3 is 0 Å². The molecule has 1 unspecified atom stereocenters. The third-order valence-corrected chi connectivity index (χ3v) is 4.92. The van der Waals surface area contributed by atoms with E-state index in [0.717, 1.165) is 12.0 Å². The van der Waals surface area contributed by atoms with Crippen LogP contribution >= 0.6 is 0 Å². The summed E-state index contributed by atoms with van der Waals surface area (Å²) < 4.78 is 0. The Labute approximate surface area is 113 Å².